The van der Waals surface area contributed by atoms with Crippen LogP contribution in [0.3, 0.4) is 0 Å². The summed E-state index contributed by atoms with van der Waals surface area (Å²) in [5.41, 5.74) is 1.59. The molecule has 0 radical (unpaired) electrons. The average molecular weight is 635 g/mol. The third-order valence-corrected chi connectivity index (χ3v) is 9.06. The fraction of sp³-hybridized carbons (Fsp3) is 0.267. The minimum absolute atomic E-state index is 0.0577. The highest BCUT2D eigenvalue weighted by molar-refractivity contribution is 9.12. The molecule has 2 aromatic rings. The molecule has 4 aliphatic rings. The number of methoxy groups -OCH3 is 2. The third-order valence-electron chi connectivity index (χ3n) is 8.47. The molecule has 0 saturated carbocycles. The summed E-state index contributed by atoms with van der Waals surface area (Å²) in [5, 5.41) is 21.4. The Kier molecular flexibility index (Phi) is 6.60. The van der Waals surface area contributed by atoms with Crippen molar-refractivity contribution in [1.29, 1.82) is 0 Å². The summed E-state index contributed by atoms with van der Waals surface area (Å²) in [7, 11) is 2.81. The lowest BCUT2D eigenvalue weighted by molar-refractivity contribution is -0.384. The van der Waals surface area contributed by atoms with Crippen LogP contribution in [0.5, 0.6) is 17.2 Å². The molecule has 214 valence electrons. The van der Waals surface area contributed by atoms with Crippen molar-refractivity contribution >= 4 is 50.7 Å². The van der Waals surface area contributed by atoms with Crippen molar-refractivity contribution in [3.8, 4) is 17.2 Å². The van der Waals surface area contributed by atoms with Crippen LogP contribution in [0.1, 0.15) is 24.3 Å². The molecule has 4 atom stereocenters. The van der Waals surface area contributed by atoms with E-state index in [1.54, 1.807) is 0 Å². The molecule has 3 aliphatic carbocycles. The van der Waals surface area contributed by atoms with Gasteiger partial charge in [0.2, 0.25) is 11.8 Å². The van der Waals surface area contributed by atoms with Crippen LogP contribution < -0.4 is 14.4 Å². The van der Waals surface area contributed by atoms with E-state index in [-0.39, 0.29) is 62.9 Å². The topological polar surface area (TPSA) is 153 Å². The molecule has 11 nitrogen and oxygen atoms in total. The number of amides is 2. The number of Topliss-reactive ketones (excluding diaryl/α,β-unsaturated/α-hetero) is 1. The number of non-ortho nitro benzene ring substituents is 1. The van der Waals surface area contributed by atoms with Crippen LogP contribution in [-0.2, 0) is 19.2 Å². The molecular formula is C30H23BrN2O9. The quantitative estimate of drug-likeness (QED) is 0.167. The first-order valence-corrected chi connectivity index (χ1v) is 13.8. The van der Waals surface area contributed by atoms with E-state index >= 15 is 0 Å². The molecule has 1 heterocycles. The molecule has 42 heavy (non-hydrogen) atoms. The van der Waals surface area contributed by atoms with Crippen LogP contribution in [0.25, 0.3) is 0 Å². The van der Waals surface area contributed by atoms with Crippen LogP contribution >= 0.6 is 15.9 Å². The highest BCUT2D eigenvalue weighted by atomic mass is 79.9. The summed E-state index contributed by atoms with van der Waals surface area (Å²) < 4.78 is 11.3. The Labute approximate surface area is 247 Å². The van der Waals surface area contributed by atoms with Gasteiger partial charge in [-0.25, -0.2) is 0 Å². The first-order valence-electron chi connectivity index (χ1n) is 13.0. The van der Waals surface area contributed by atoms with E-state index < -0.39 is 46.2 Å². The number of nitro benzene ring substituents is 1. The van der Waals surface area contributed by atoms with E-state index in [9.17, 15) is 34.4 Å². The van der Waals surface area contributed by atoms with Gasteiger partial charge in [-0.2, -0.15) is 0 Å². The Hall–Kier alpha value is -4.58. The van der Waals surface area contributed by atoms with Crippen molar-refractivity contribution in [3.05, 3.63) is 85.4 Å². The standard InChI is InChI=1S/C30H23BrN2O9/c1-41-22-9-15(34)10-23(42-2)27(22)26-16-7-8-17-24(18(16)11-19-25(26)21(35)12-20(31)28(19)36)30(38)32(29(17)37)13-3-5-14(6-4-13)33(39)40/h3-7,9-10,12,17-18,24,26,34H,8,11H2,1-2H3. The number of hydrogen-bond acceptors (Lipinski definition) is 9. The molecule has 12 heteroatoms. The molecule has 0 aromatic heterocycles. The lowest BCUT2D eigenvalue weighted by atomic mass is 9.59. The molecule has 1 N–H and O–H groups in total. The number of allylic oxidation sites excluding steroid dienone is 6. The smallest absolute Gasteiger partial charge is 0.269 e. The lowest BCUT2D eigenvalue weighted by Gasteiger charge is -2.42. The van der Waals surface area contributed by atoms with Gasteiger partial charge in [-0.1, -0.05) is 11.6 Å². The van der Waals surface area contributed by atoms with Crippen molar-refractivity contribution in [2.75, 3.05) is 19.1 Å². The minimum atomic E-state index is -0.852. The zero-order chi connectivity index (χ0) is 30.0. The maximum atomic E-state index is 14.0. The largest absolute Gasteiger partial charge is 0.508 e. The number of imide groups is 1. The van der Waals surface area contributed by atoms with Gasteiger partial charge in [0.1, 0.15) is 17.2 Å². The Balaban J connectivity index is 1.51. The number of fused-ring (bicyclic) bond motifs is 3. The Bertz CT molecular complexity index is 1680. The summed E-state index contributed by atoms with van der Waals surface area (Å²) in [4.78, 5) is 66.2. The highest BCUT2D eigenvalue weighted by Crippen LogP contribution is 2.58. The van der Waals surface area contributed by atoms with Crippen molar-refractivity contribution in [2.24, 2.45) is 17.8 Å². The van der Waals surface area contributed by atoms with Crippen LogP contribution in [0.15, 0.2) is 69.8 Å². The second kappa shape index (κ2) is 10.1. The van der Waals surface area contributed by atoms with Crippen LogP contribution in [0.2, 0.25) is 0 Å². The summed E-state index contributed by atoms with van der Waals surface area (Å²) in [6.07, 6.45) is 3.33. The predicted molar refractivity (Wildman–Crippen MR) is 151 cm³/mol. The molecule has 1 fully saturated rings. The van der Waals surface area contributed by atoms with Crippen molar-refractivity contribution in [1.82, 2.24) is 0 Å². The van der Waals surface area contributed by atoms with E-state index in [1.165, 1.54) is 56.7 Å². The number of phenolic OH excluding ortho intramolecular Hbond substituents is 1. The summed E-state index contributed by atoms with van der Waals surface area (Å²) in [5.74, 6) is -4.41. The Morgan fingerprint density at radius 1 is 1.00 bits per heavy atom. The number of phenols is 1. The zero-order valence-corrected chi connectivity index (χ0v) is 23.9. The fourth-order valence-corrected chi connectivity index (χ4v) is 7.17. The van der Waals surface area contributed by atoms with Gasteiger partial charge in [0.05, 0.1) is 41.1 Å². The zero-order valence-electron chi connectivity index (χ0n) is 22.3. The van der Waals surface area contributed by atoms with E-state index in [4.69, 9.17) is 9.47 Å². The maximum Gasteiger partial charge on any atom is 0.269 e. The number of ether oxygens (including phenoxy) is 2. The molecule has 2 aromatic carbocycles. The highest BCUT2D eigenvalue weighted by Gasteiger charge is 2.57. The first-order chi connectivity index (χ1) is 20.1. The summed E-state index contributed by atoms with van der Waals surface area (Å²) in [6.45, 7) is 0. The number of benzene rings is 2. The van der Waals surface area contributed by atoms with Crippen LogP contribution in [0.4, 0.5) is 11.4 Å². The number of aromatic hydroxyl groups is 1. The van der Waals surface area contributed by atoms with Gasteiger partial charge in [-0.3, -0.25) is 34.2 Å². The first kappa shape index (κ1) is 27.6. The number of rotatable bonds is 5. The lowest BCUT2D eigenvalue weighted by Crippen LogP contribution is -2.39. The van der Waals surface area contributed by atoms with E-state index in [0.29, 0.717) is 11.1 Å². The number of hydrogen-bond donors (Lipinski definition) is 1. The normalized spacial score (nSPS) is 25.0. The number of carbonyl (C=O) groups is 4. The number of nitro groups is 1. The number of nitrogens with zero attached hydrogens (tertiary/aromatic N) is 2. The van der Waals surface area contributed by atoms with Gasteiger partial charge in [0.15, 0.2) is 11.6 Å². The van der Waals surface area contributed by atoms with E-state index in [1.807, 2.05) is 6.08 Å². The molecule has 1 aliphatic heterocycles. The molecule has 1 saturated heterocycles. The van der Waals surface area contributed by atoms with Gasteiger partial charge in [-0.05, 0) is 46.8 Å². The van der Waals surface area contributed by atoms with E-state index in [0.717, 1.165) is 4.90 Å². The number of anilines is 1. The molecule has 0 spiro atoms. The van der Waals surface area contributed by atoms with E-state index in [2.05, 4.69) is 15.9 Å². The van der Waals surface area contributed by atoms with Crippen molar-refractivity contribution in [2.45, 2.75) is 18.8 Å². The molecule has 2 amide bonds. The SMILES string of the molecule is COc1cc(O)cc(OC)c1C1C2=CCC3C(=O)N(c4ccc([N+](=O)[O-])cc4)C(=O)C3C2CC2=C1C(=O)C=C(Br)C2=O. The van der Waals surface area contributed by atoms with Crippen molar-refractivity contribution < 1.29 is 38.7 Å². The summed E-state index contributed by atoms with van der Waals surface area (Å²) in [6, 6.07) is 7.96. The Morgan fingerprint density at radius 2 is 1.64 bits per heavy atom. The van der Waals surface area contributed by atoms with Gasteiger partial charge in [0.25, 0.3) is 5.69 Å². The molecular weight excluding hydrogens is 612 g/mol. The number of carbonyl (C=O) groups excluding carboxylic acids is 4. The maximum absolute atomic E-state index is 14.0. The van der Waals surface area contributed by atoms with Gasteiger partial charge >= 0.3 is 0 Å². The van der Waals surface area contributed by atoms with Gasteiger partial charge < -0.3 is 14.6 Å². The van der Waals surface area contributed by atoms with Crippen molar-refractivity contribution in [3.63, 3.8) is 0 Å². The van der Waals surface area contributed by atoms with Gasteiger partial charge in [-0.15, -0.1) is 0 Å². The molecule has 0 bridgehead atoms. The van der Waals surface area contributed by atoms with Gasteiger partial charge in [0, 0.05) is 53.0 Å². The molecule has 4 unspecified atom stereocenters. The van der Waals surface area contributed by atoms with Crippen LogP contribution in [0, 0.1) is 27.9 Å². The average Bonchev–Trinajstić information content (AvgIpc) is 3.23. The monoisotopic (exact) mass is 634 g/mol. The number of ketones is 2. The fourth-order valence-electron chi connectivity index (χ4n) is 6.73. The molecule has 6 rings (SSSR count). The third kappa shape index (κ3) is 4.00. The Morgan fingerprint density at radius 3 is 2.24 bits per heavy atom. The minimum Gasteiger partial charge on any atom is -0.508 e. The second-order valence-electron chi connectivity index (χ2n) is 10.4. The second-order valence-corrected chi connectivity index (χ2v) is 11.3. The predicted octanol–water partition coefficient (Wildman–Crippen LogP) is 4.28. The number of halogens is 1. The summed E-state index contributed by atoms with van der Waals surface area (Å²) >= 11 is 3.20. The van der Waals surface area contributed by atoms with Crippen LogP contribution in [-0.4, -0.2) is 47.6 Å².